The zero-order chi connectivity index (χ0) is 15.0. The van der Waals surface area contributed by atoms with Crippen LogP contribution in [0.2, 0.25) is 15.3 Å². The van der Waals surface area contributed by atoms with Crippen LogP contribution >= 0.6 is 0 Å². The first-order chi connectivity index (χ1) is 9.67. The van der Waals surface area contributed by atoms with Gasteiger partial charge in [0, 0.05) is 0 Å². The molecule has 2 N–H and O–H groups in total. The van der Waals surface area contributed by atoms with E-state index in [2.05, 4.69) is 27.7 Å². The van der Waals surface area contributed by atoms with Crippen molar-refractivity contribution in [3.8, 4) is 0 Å². The van der Waals surface area contributed by atoms with Crippen LogP contribution in [0, 0.1) is 11.3 Å². The molecular formula is C18H38AlN. The van der Waals surface area contributed by atoms with E-state index in [-0.39, 0.29) is 0 Å². The van der Waals surface area contributed by atoms with E-state index in [1.165, 1.54) is 56.6 Å². The van der Waals surface area contributed by atoms with Crippen molar-refractivity contribution in [1.29, 1.82) is 0 Å². The fourth-order valence-corrected chi connectivity index (χ4v) is 9.66. The second kappa shape index (κ2) is 9.50. The van der Waals surface area contributed by atoms with Crippen LogP contribution < -0.4 is 5.73 Å². The molecule has 3 atom stereocenters. The Bertz CT molecular complexity index is 252. The predicted octanol–water partition coefficient (Wildman–Crippen LogP) is 5.63. The summed E-state index contributed by atoms with van der Waals surface area (Å²) in [5.74, 6) is 1.00. The van der Waals surface area contributed by atoms with Gasteiger partial charge in [-0.1, -0.05) is 81.6 Å². The van der Waals surface area contributed by atoms with Crippen molar-refractivity contribution in [3.63, 3.8) is 0 Å². The highest BCUT2D eigenvalue weighted by Gasteiger charge is 2.42. The molecule has 1 nitrogen and oxygen atoms in total. The lowest BCUT2D eigenvalue weighted by Crippen LogP contribution is -2.39. The van der Waals surface area contributed by atoms with Gasteiger partial charge in [-0.3, -0.25) is 0 Å². The maximum absolute atomic E-state index is 6.11. The molecular weight excluding hydrogens is 257 g/mol. The Kier molecular flexibility index (Phi) is 8.80. The third kappa shape index (κ3) is 4.49. The smallest absolute Gasteiger partial charge is 0.267 e. The average Bonchev–Trinajstić information content (AvgIpc) is 2.49. The number of hydrogen-bond acceptors (Lipinski definition) is 1. The minimum atomic E-state index is -0.684. The number of rotatable bonds is 9. The van der Waals surface area contributed by atoms with Gasteiger partial charge in [0.15, 0.2) is 0 Å². The lowest BCUT2D eigenvalue weighted by Gasteiger charge is -2.46. The Morgan fingerprint density at radius 3 is 2.45 bits per heavy atom. The molecule has 118 valence electrons. The molecule has 1 fully saturated rings. The van der Waals surface area contributed by atoms with Crippen LogP contribution in [0.3, 0.4) is 0 Å². The minimum absolute atomic E-state index is 0.684. The lowest BCUT2D eigenvalue weighted by molar-refractivity contribution is 0.105. The SMILES string of the molecule is CC[CH2][Al]([CH2]C1(CC)CCCCC1CC)[CH](CC)CN. The van der Waals surface area contributed by atoms with Gasteiger partial charge >= 0.3 is 0 Å². The maximum Gasteiger partial charge on any atom is 0.267 e. The van der Waals surface area contributed by atoms with Crippen LogP contribution in [-0.4, -0.2) is 20.7 Å². The van der Waals surface area contributed by atoms with E-state index in [4.69, 9.17) is 5.73 Å². The van der Waals surface area contributed by atoms with Crippen LogP contribution in [0.1, 0.15) is 79.1 Å². The summed E-state index contributed by atoms with van der Waals surface area (Å²) in [7, 11) is 0. The highest BCUT2D eigenvalue weighted by molar-refractivity contribution is 6.60. The maximum atomic E-state index is 6.11. The molecule has 1 aliphatic rings. The second-order valence-electron chi connectivity index (χ2n) is 7.22. The molecule has 0 aromatic rings. The van der Waals surface area contributed by atoms with E-state index in [0.717, 1.165) is 17.2 Å². The minimum Gasteiger partial charge on any atom is -0.331 e. The van der Waals surface area contributed by atoms with Crippen molar-refractivity contribution in [2.45, 2.75) is 94.4 Å². The quantitative estimate of drug-likeness (QED) is 0.548. The van der Waals surface area contributed by atoms with Crippen LogP contribution in [0.15, 0.2) is 0 Å². The van der Waals surface area contributed by atoms with Gasteiger partial charge in [0.05, 0.1) is 0 Å². The van der Waals surface area contributed by atoms with Crippen molar-refractivity contribution in [2.75, 3.05) is 6.54 Å². The highest BCUT2D eigenvalue weighted by atomic mass is 27.2. The third-order valence-corrected chi connectivity index (χ3v) is 11.1. The van der Waals surface area contributed by atoms with Crippen molar-refractivity contribution >= 4 is 14.1 Å². The second-order valence-corrected chi connectivity index (χ2v) is 10.7. The van der Waals surface area contributed by atoms with Crippen LogP contribution in [0.5, 0.6) is 0 Å². The molecule has 0 aromatic carbocycles. The van der Waals surface area contributed by atoms with Gasteiger partial charge in [-0.25, -0.2) is 0 Å². The molecule has 0 heterocycles. The summed E-state index contributed by atoms with van der Waals surface area (Å²) in [6.07, 6.45) is 11.5. The van der Waals surface area contributed by atoms with Crippen molar-refractivity contribution in [1.82, 2.24) is 0 Å². The zero-order valence-electron chi connectivity index (χ0n) is 14.6. The van der Waals surface area contributed by atoms with Gasteiger partial charge in [0.2, 0.25) is 0 Å². The van der Waals surface area contributed by atoms with Crippen LogP contribution in [0.25, 0.3) is 0 Å². The van der Waals surface area contributed by atoms with E-state index in [0.29, 0.717) is 5.41 Å². The van der Waals surface area contributed by atoms with Crippen molar-refractivity contribution in [3.05, 3.63) is 0 Å². The summed E-state index contributed by atoms with van der Waals surface area (Å²) >= 11 is -0.684. The van der Waals surface area contributed by atoms with Gasteiger partial charge in [-0.2, -0.15) is 0 Å². The summed E-state index contributed by atoms with van der Waals surface area (Å²) in [5, 5.41) is 3.11. The van der Waals surface area contributed by atoms with Gasteiger partial charge in [-0.05, 0) is 30.7 Å². The first-order valence-electron chi connectivity index (χ1n) is 9.37. The van der Waals surface area contributed by atoms with Gasteiger partial charge in [-0.15, -0.1) is 0 Å². The van der Waals surface area contributed by atoms with Crippen molar-refractivity contribution in [2.24, 2.45) is 17.1 Å². The Balaban J connectivity index is 2.85. The van der Waals surface area contributed by atoms with Gasteiger partial charge in [0.25, 0.3) is 14.1 Å². The molecule has 1 rings (SSSR count). The highest BCUT2D eigenvalue weighted by Crippen LogP contribution is 2.50. The molecule has 0 aromatic heterocycles. The Hall–Kier alpha value is 0.492. The fourth-order valence-electron chi connectivity index (χ4n) is 4.98. The standard InChI is InChI=1S/C11H21.C4H10N.C3H7.Al/c1-4-10-8-6-7-9-11(10,3)5-2;1-2-3-4-5;1-3-2;/h10H,3-9H2,1-2H3;3H,2,4-5H2,1H3;1,3H2,2H3;. The number of hydrogen-bond donors (Lipinski definition) is 1. The Morgan fingerprint density at radius 1 is 1.20 bits per heavy atom. The molecule has 1 saturated carbocycles. The fraction of sp³-hybridized carbons (Fsp3) is 1.00. The molecule has 0 spiro atoms. The molecule has 0 bridgehead atoms. The lowest BCUT2D eigenvalue weighted by atomic mass is 9.65. The van der Waals surface area contributed by atoms with Gasteiger partial charge < -0.3 is 5.73 Å². The molecule has 2 heteroatoms. The number of nitrogens with two attached hydrogens (primary N) is 1. The Morgan fingerprint density at radius 2 is 1.95 bits per heavy atom. The Labute approximate surface area is 132 Å². The van der Waals surface area contributed by atoms with E-state index in [1.54, 1.807) is 5.28 Å². The van der Waals surface area contributed by atoms with Gasteiger partial charge in [0.1, 0.15) is 0 Å². The van der Waals surface area contributed by atoms with E-state index in [1.807, 2.05) is 0 Å². The topological polar surface area (TPSA) is 26.0 Å². The first kappa shape index (κ1) is 18.5. The zero-order valence-corrected chi connectivity index (χ0v) is 15.7. The summed E-state index contributed by atoms with van der Waals surface area (Å²) in [5.41, 5.74) is 6.80. The van der Waals surface area contributed by atoms with Crippen LogP contribution in [0.4, 0.5) is 0 Å². The molecule has 0 amide bonds. The molecule has 1 aliphatic carbocycles. The van der Waals surface area contributed by atoms with E-state index < -0.39 is 14.1 Å². The molecule has 3 unspecified atom stereocenters. The molecule has 0 saturated heterocycles. The van der Waals surface area contributed by atoms with E-state index in [9.17, 15) is 0 Å². The molecule has 0 aliphatic heterocycles. The first-order valence-corrected chi connectivity index (χ1v) is 11.7. The summed E-state index contributed by atoms with van der Waals surface area (Å²) in [6.45, 7) is 10.6. The monoisotopic (exact) mass is 295 g/mol. The average molecular weight is 295 g/mol. The summed E-state index contributed by atoms with van der Waals surface area (Å²) in [6, 6.07) is 0. The summed E-state index contributed by atoms with van der Waals surface area (Å²) < 4.78 is 0.887. The molecule has 0 radical (unpaired) electrons. The normalized spacial score (nSPS) is 28.4. The van der Waals surface area contributed by atoms with Crippen molar-refractivity contribution < 1.29 is 0 Å². The summed E-state index contributed by atoms with van der Waals surface area (Å²) in [4.78, 5) is 0. The predicted molar refractivity (Wildman–Crippen MR) is 93.7 cm³/mol. The molecule has 20 heavy (non-hydrogen) atoms. The van der Waals surface area contributed by atoms with E-state index >= 15 is 0 Å². The largest absolute Gasteiger partial charge is 0.331 e. The van der Waals surface area contributed by atoms with Crippen LogP contribution in [-0.2, 0) is 0 Å². The third-order valence-electron chi connectivity index (χ3n) is 6.36.